The summed E-state index contributed by atoms with van der Waals surface area (Å²) >= 11 is 3.44. The molecule has 0 aliphatic heterocycles. The van der Waals surface area contributed by atoms with E-state index in [2.05, 4.69) is 26.6 Å². The van der Waals surface area contributed by atoms with Crippen molar-refractivity contribution in [1.29, 1.82) is 0 Å². The molecule has 0 radical (unpaired) electrons. The van der Waals surface area contributed by atoms with Crippen LogP contribution in [0.3, 0.4) is 0 Å². The van der Waals surface area contributed by atoms with Gasteiger partial charge < -0.3 is 10.6 Å². The van der Waals surface area contributed by atoms with E-state index in [-0.39, 0.29) is 11.7 Å². The molecule has 2 aromatic carbocycles. The summed E-state index contributed by atoms with van der Waals surface area (Å²) in [5.74, 6) is 0. The fourth-order valence-electron chi connectivity index (χ4n) is 2.22. The molecule has 2 N–H and O–H groups in total. The number of nitro benzene ring substituents is 1. The monoisotopic (exact) mass is 377 g/mol. The number of carbonyl (C=O) groups excluding carboxylic acids is 1. The summed E-state index contributed by atoms with van der Waals surface area (Å²) in [5, 5.41) is 16.4. The Morgan fingerprint density at radius 1 is 1.22 bits per heavy atom. The van der Waals surface area contributed by atoms with Crippen LogP contribution in [0.5, 0.6) is 0 Å². The van der Waals surface area contributed by atoms with Crippen molar-refractivity contribution < 1.29 is 9.72 Å². The number of nitrogens with zero attached hydrogens (tertiary/aromatic N) is 1. The first kappa shape index (κ1) is 17.0. The van der Waals surface area contributed by atoms with Crippen LogP contribution in [-0.2, 0) is 0 Å². The molecule has 0 aromatic heterocycles. The zero-order valence-corrected chi connectivity index (χ0v) is 14.3. The molecule has 120 valence electrons. The van der Waals surface area contributed by atoms with Crippen LogP contribution in [-0.4, -0.2) is 11.0 Å². The maximum atomic E-state index is 12.1. The molecule has 2 amide bonds. The lowest BCUT2D eigenvalue weighted by atomic mass is 10.1. The standard InChI is InChI=1S/C16H16BrN3O3/c1-10-14(8-5-9-15(10)20(22)23)19-16(21)18-11(2)12-6-3-4-7-13(12)17/h3-9,11H,1-2H3,(H2,18,19,21). The number of anilines is 1. The fraction of sp³-hybridized carbons (Fsp3) is 0.188. The zero-order valence-electron chi connectivity index (χ0n) is 12.7. The van der Waals surface area contributed by atoms with Crippen molar-refractivity contribution in [3.05, 3.63) is 68.2 Å². The third-order valence-electron chi connectivity index (χ3n) is 3.47. The SMILES string of the molecule is Cc1c(NC(=O)NC(C)c2ccccc2Br)cccc1[N+](=O)[O-]. The maximum Gasteiger partial charge on any atom is 0.319 e. The summed E-state index contributed by atoms with van der Waals surface area (Å²) < 4.78 is 0.902. The van der Waals surface area contributed by atoms with Crippen LogP contribution in [0.15, 0.2) is 46.9 Å². The first-order chi connectivity index (χ1) is 10.9. The Bertz CT molecular complexity index is 749. The highest BCUT2D eigenvalue weighted by Crippen LogP contribution is 2.26. The summed E-state index contributed by atoms with van der Waals surface area (Å²) in [6.07, 6.45) is 0. The molecule has 0 fully saturated rings. The third-order valence-corrected chi connectivity index (χ3v) is 4.19. The van der Waals surface area contributed by atoms with Crippen LogP contribution < -0.4 is 10.6 Å². The molecule has 7 heteroatoms. The summed E-state index contributed by atoms with van der Waals surface area (Å²) in [6, 6.07) is 11.5. The van der Waals surface area contributed by atoms with Gasteiger partial charge >= 0.3 is 6.03 Å². The van der Waals surface area contributed by atoms with Crippen molar-refractivity contribution >= 4 is 33.3 Å². The molecule has 23 heavy (non-hydrogen) atoms. The van der Waals surface area contributed by atoms with Gasteiger partial charge in [-0.15, -0.1) is 0 Å². The van der Waals surface area contributed by atoms with Crippen molar-refractivity contribution in [2.75, 3.05) is 5.32 Å². The van der Waals surface area contributed by atoms with E-state index >= 15 is 0 Å². The number of urea groups is 1. The molecule has 0 aliphatic carbocycles. The van der Waals surface area contributed by atoms with Crippen molar-refractivity contribution in [1.82, 2.24) is 5.32 Å². The first-order valence-corrected chi connectivity index (χ1v) is 7.75. The lowest BCUT2D eigenvalue weighted by Crippen LogP contribution is -2.31. The smallest absolute Gasteiger partial charge is 0.319 e. The fourth-order valence-corrected chi connectivity index (χ4v) is 2.84. The number of nitro groups is 1. The lowest BCUT2D eigenvalue weighted by molar-refractivity contribution is -0.385. The predicted molar refractivity (Wildman–Crippen MR) is 92.5 cm³/mol. The van der Waals surface area contributed by atoms with Gasteiger partial charge in [0.15, 0.2) is 0 Å². The molecule has 0 heterocycles. The molecule has 6 nitrogen and oxygen atoms in total. The van der Waals surface area contributed by atoms with Gasteiger partial charge in [0.05, 0.1) is 22.2 Å². The van der Waals surface area contributed by atoms with E-state index in [4.69, 9.17) is 0 Å². The largest absolute Gasteiger partial charge is 0.331 e. The molecule has 0 spiro atoms. The highest BCUT2D eigenvalue weighted by atomic mass is 79.9. The van der Waals surface area contributed by atoms with Crippen molar-refractivity contribution in [3.63, 3.8) is 0 Å². The minimum absolute atomic E-state index is 0.0262. The van der Waals surface area contributed by atoms with Crippen LogP contribution in [0.4, 0.5) is 16.2 Å². The van der Waals surface area contributed by atoms with Crippen molar-refractivity contribution in [2.45, 2.75) is 19.9 Å². The lowest BCUT2D eigenvalue weighted by Gasteiger charge is -2.17. The highest BCUT2D eigenvalue weighted by Gasteiger charge is 2.16. The van der Waals surface area contributed by atoms with Crippen LogP contribution in [0.25, 0.3) is 0 Å². The Balaban J connectivity index is 2.10. The molecular weight excluding hydrogens is 362 g/mol. The molecule has 1 atom stereocenters. The molecular formula is C16H16BrN3O3. The summed E-state index contributed by atoms with van der Waals surface area (Å²) in [4.78, 5) is 22.6. The molecule has 1 unspecified atom stereocenters. The van der Waals surface area contributed by atoms with E-state index in [0.717, 1.165) is 10.0 Å². The van der Waals surface area contributed by atoms with Gasteiger partial charge in [0.2, 0.25) is 0 Å². The highest BCUT2D eigenvalue weighted by molar-refractivity contribution is 9.10. The second-order valence-corrected chi connectivity index (χ2v) is 5.90. The molecule has 0 aliphatic rings. The summed E-state index contributed by atoms with van der Waals surface area (Å²) in [6.45, 7) is 3.46. The first-order valence-electron chi connectivity index (χ1n) is 6.96. The van der Waals surface area contributed by atoms with E-state index in [1.165, 1.54) is 12.1 Å². The second kappa shape index (κ2) is 7.23. The van der Waals surface area contributed by atoms with Crippen molar-refractivity contribution in [3.8, 4) is 0 Å². The van der Waals surface area contributed by atoms with Gasteiger partial charge in [-0.2, -0.15) is 0 Å². The predicted octanol–water partition coefficient (Wildman–Crippen LogP) is 4.55. The average Bonchev–Trinajstić information content (AvgIpc) is 2.49. The number of amides is 2. The zero-order chi connectivity index (χ0) is 17.0. The molecule has 2 aromatic rings. The van der Waals surface area contributed by atoms with Gasteiger partial charge in [-0.3, -0.25) is 10.1 Å². The number of carbonyl (C=O) groups is 1. The van der Waals surface area contributed by atoms with E-state index < -0.39 is 11.0 Å². The Labute approximate surface area is 142 Å². The Morgan fingerprint density at radius 2 is 1.91 bits per heavy atom. The van der Waals surface area contributed by atoms with Gasteiger partial charge in [-0.25, -0.2) is 4.79 Å². The van der Waals surface area contributed by atoms with E-state index in [0.29, 0.717) is 11.3 Å². The Morgan fingerprint density at radius 3 is 2.57 bits per heavy atom. The molecule has 2 rings (SSSR count). The third kappa shape index (κ3) is 4.07. The van der Waals surface area contributed by atoms with Crippen LogP contribution in [0.1, 0.15) is 24.1 Å². The summed E-state index contributed by atoms with van der Waals surface area (Å²) in [5.41, 5.74) is 1.75. The number of hydrogen-bond donors (Lipinski definition) is 2. The van der Waals surface area contributed by atoms with Crippen molar-refractivity contribution in [2.24, 2.45) is 0 Å². The van der Waals surface area contributed by atoms with Crippen LogP contribution in [0.2, 0.25) is 0 Å². The summed E-state index contributed by atoms with van der Waals surface area (Å²) in [7, 11) is 0. The van der Waals surface area contributed by atoms with E-state index in [1.807, 2.05) is 31.2 Å². The Kier molecular flexibility index (Phi) is 5.33. The quantitative estimate of drug-likeness (QED) is 0.605. The number of hydrogen-bond acceptors (Lipinski definition) is 3. The van der Waals surface area contributed by atoms with Gasteiger partial charge in [-0.1, -0.05) is 40.2 Å². The maximum absolute atomic E-state index is 12.1. The molecule has 0 saturated heterocycles. The van der Waals surface area contributed by atoms with Gasteiger partial charge in [0, 0.05) is 10.5 Å². The average molecular weight is 378 g/mol. The molecule has 0 bridgehead atoms. The van der Waals surface area contributed by atoms with Gasteiger partial charge in [0.1, 0.15) is 0 Å². The van der Waals surface area contributed by atoms with Gasteiger partial charge in [0.25, 0.3) is 5.69 Å². The topological polar surface area (TPSA) is 84.3 Å². The molecule has 0 saturated carbocycles. The van der Waals surface area contributed by atoms with E-state index in [9.17, 15) is 14.9 Å². The number of halogens is 1. The second-order valence-electron chi connectivity index (χ2n) is 5.05. The normalized spacial score (nSPS) is 11.6. The van der Waals surface area contributed by atoms with Crippen LogP contribution in [0, 0.1) is 17.0 Å². The minimum Gasteiger partial charge on any atom is -0.331 e. The van der Waals surface area contributed by atoms with Gasteiger partial charge in [-0.05, 0) is 31.5 Å². The number of benzene rings is 2. The van der Waals surface area contributed by atoms with Crippen LogP contribution >= 0.6 is 15.9 Å². The minimum atomic E-state index is -0.470. The number of rotatable bonds is 4. The number of nitrogens with one attached hydrogen (secondary N) is 2. The van der Waals surface area contributed by atoms with E-state index in [1.54, 1.807) is 13.0 Å². The Hall–Kier alpha value is -2.41.